The Morgan fingerprint density at radius 2 is 1.88 bits per heavy atom. The molecule has 2 aromatic carbocycles. The van der Waals surface area contributed by atoms with E-state index in [0.29, 0.717) is 11.6 Å². The van der Waals surface area contributed by atoms with Gasteiger partial charge in [0.2, 0.25) is 11.8 Å². The van der Waals surface area contributed by atoms with Gasteiger partial charge in [0, 0.05) is 18.6 Å². The van der Waals surface area contributed by atoms with Crippen LogP contribution in [0.2, 0.25) is 5.02 Å². The number of likely N-dealkylation sites (N-methyl/N-ethyl adjacent to an activating group) is 1. The van der Waals surface area contributed by atoms with Gasteiger partial charge in [0.1, 0.15) is 6.04 Å². The predicted molar refractivity (Wildman–Crippen MR) is 100 cm³/mol. The molecule has 25 heavy (non-hydrogen) atoms. The number of nitrogens with zero attached hydrogens (tertiary/aromatic N) is 1. The number of carbonyl (C=O) groups excluding carboxylic acids is 2. The van der Waals surface area contributed by atoms with Crippen molar-refractivity contribution in [1.29, 1.82) is 0 Å². The van der Waals surface area contributed by atoms with Crippen LogP contribution in [-0.4, -0.2) is 29.8 Å². The number of halogens is 1. The van der Waals surface area contributed by atoms with E-state index in [9.17, 15) is 9.59 Å². The molecule has 0 unspecified atom stereocenters. The standard InChI is InChI=1S/C20H23ClN2O2/c1-14-7-4-5-9-17(14)12-19(24)23(15(2)20(25)22-3)13-16-8-6-10-18(21)11-16/h4-11,15H,12-13H2,1-3H3,(H,22,25)/t15-/m0/s1. The summed E-state index contributed by atoms with van der Waals surface area (Å²) in [5, 5.41) is 3.22. The van der Waals surface area contributed by atoms with Crippen LogP contribution in [0.4, 0.5) is 0 Å². The first-order chi connectivity index (χ1) is 11.9. The number of nitrogens with one attached hydrogen (secondary N) is 1. The molecular formula is C20H23ClN2O2. The smallest absolute Gasteiger partial charge is 0.242 e. The molecular weight excluding hydrogens is 336 g/mol. The summed E-state index contributed by atoms with van der Waals surface area (Å²) in [7, 11) is 1.57. The molecule has 4 nitrogen and oxygen atoms in total. The Balaban J connectivity index is 2.25. The van der Waals surface area contributed by atoms with Crippen LogP contribution in [0.3, 0.4) is 0 Å². The van der Waals surface area contributed by atoms with Crippen molar-refractivity contribution in [2.24, 2.45) is 0 Å². The van der Waals surface area contributed by atoms with Crippen LogP contribution in [0, 0.1) is 6.92 Å². The number of aryl methyl sites for hydroxylation is 1. The minimum atomic E-state index is -0.569. The lowest BCUT2D eigenvalue weighted by Crippen LogP contribution is -2.47. The lowest BCUT2D eigenvalue weighted by atomic mass is 10.0. The van der Waals surface area contributed by atoms with E-state index < -0.39 is 6.04 Å². The maximum Gasteiger partial charge on any atom is 0.242 e. The molecule has 1 N–H and O–H groups in total. The molecule has 0 saturated heterocycles. The Bertz CT molecular complexity index is 761. The van der Waals surface area contributed by atoms with Crippen LogP contribution < -0.4 is 5.32 Å². The largest absolute Gasteiger partial charge is 0.357 e. The molecule has 0 aromatic heterocycles. The molecule has 2 rings (SSSR count). The lowest BCUT2D eigenvalue weighted by Gasteiger charge is -2.28. The van der Waals surface area contributed by atoms with Gasteiger partial charge in [0.05, 0.1) is 6.42 Å². The molecule has 2 aromatic rings. The minimum absolute atomic E-state index is 0.0922. The van der Waals surface area contributed by atoms with Crippen LogP contribution in [0.25, 0.3) is 0 Å². The minimum Gasteiger partial charge on any atom is -0.357 e. The summed E-state index contributed by atoms with van der Waals surface area (Å²) in [6, 6.07) is 14.5. The van der Waals surface area contributed by atoms with Gasteiger partial charge in [0.25, 0.3) is 0 Å². The van der Waals surface area contributed by atoms with Gasteiger partial charge in [-0.15, -0.1) is 0 Å². The SMILES string of the molecule is CNC(=O)[C@H](C)N(Cc1cccc(Cl)c1)C(=O)Cc1ccccc1C. The van der Waals surface area contributed by atoms with Gasteiger partial charge in [-0.25, -0.2) is 0 Å². The molecule has 132 valence electrons. The molecule has 2 amide bonds. The molecule has 0 saturated carbocycles. The summed E-state index contributed by atoms with van der Waals surface area (Å²) in [5.41, 5.74) is 2.92. The van der Waals surface area contributed by atoms with Crippen molar-refractivity contribution in [2.45, 2.75) is 32.9 Å². The van der Waals surface area contributed by atoms with Crippen molar-refractivity contribution in [1.82, 2.24) is 10.2 Å². The lowest BCUT2D eigenvalue weighted by molar-refractivity contribution is -0.139. The van der Waals surface area contributed by atoms with Gasteiger partial charge in [-0.05, 0) is 42.7 Å². The summed E-state index contributed by atoms with van der Waals surface area (Å²) in [5.74, 6) is -0.287. The summed E-state index contributed by atoms with van der Waals surface area (Å²) in [6.07, 6.45) is 0.259. The molecule has 0 heterocycles. The average molecular weight is 359 g/mol. The van der Waals surface area contributed by atoms with Crippen molar-refractivity contribution < 1.29 is 9.59 Å². The first kappa shape index (κ1) is 19.0. The maximum absolute atomic E-state index is 12.9. The Morgan fingerprint density at radius 3 is 2.52 bits per heavy atom. The second-order valence-corrected chi connectivity index (χ2v) is 6.48. The highest BCUT2D eigenvalue weighted by Gasteiger charge is 2.25. The van der Waals surface area contributed by atoms with Gasteiger partial charge in [-0.1, -0.05) is 48.0 Å². The number of amides is 2. The van der Waals surface area contributed by atoms with Crippen molar-refractivity contribution >= 4 is 23.4 Å². The Labute approximate surface area is 153 Å². The fraction of sp³-hybridized carbons (Fsp3) is 0.300. The third kappa shape index (κ3) is 5.07. The van der Waals surface area contributed by atoms with Gasteiger partial charge in [0.15, 0.2) is 0 Å². The zero-order valence-electron chi connectivity index (χ0n) is 14.8. The zero-order valence-corrected chi connectivity index (χ0v) is 15.5. The van der Waals surface area contributed by atoms with E-state index in [0.717, 1.165) is 16.7 Å². The van der Waals surface area contributed by atoms with E-state index >= 15 is 0 Å². The molecule has 0 aliphatic rings. The van der Waals surface area contributed by atoms with Crippen LogP contribution >= 0.6 is 11.6 Å². The topological polar surface area (TPSA) is 49.4 Å². The van der Waals surface area contributed by atoms with Crippen LogP contribution in [0.1, 0.15) is 23.6 Å². The third-order valence-electron chi connectivity index (χ3n) is 4.26. The molecule has 0 aliphatic heterocycles. The normalized spacial score (nSPS) is 11.7. The van der Waals surface area contributed by atoms with Gasteiger partial charge >= 0.3 is 0 Å². The molecule has 0 aliphatic carbocycles. The summed E-state index contributed by atoms with van der Waals surface area (Å²) < 4.78 is 0. The van der Waals surface area contributed by atoms with Crippen molar-refractivity contribution in [3.63, 3.8) is 0 Å². The monoisotopic (exact) mass is 358 g/mol. The summed E-state index contributed by atoms with van der Waals surface area (Å²) in [6.45, 7) is 4.05. The second-order valence-electron chi connectivity index (χ2n) is 6.05. The molecule has 0 fully saturated rings. The molecule has 1 atom stereocenters. The van der Waals surface area contributed by atoms with Gasteiger partial charge in [-0.2, -0.15) is 0 Å². The molecule has 0 radical (unpaired) electrons. The number of hydrogen-bond acceptors (Lipinski definition) is 2. The number of carbonyl (C=O) groups is 2. The maximum atomic E-state index is 12.9. The van der Waals surface area contributed by atoms with E-state index in [1.807, 2.05) is 49.4 Å². The van der Waals surface area contributed by atoms with E-state index in [4.69, 9.17) is 11.6 Å². The quantitative estimate of drug-likeness (QED) is 0.860. The number of rotatable bonds is 6. The fourth-order valence-corrected chi connectivity index (χ4v) is 2.91. The van der Waals surface area contributed by atoms with Crippen LogP contribution in [-0.2, 0) is 22.6 Å². The molecule has 5 heteroatoms. The highest BCUT2D eigenvalue weighted by Crippen LogP contribution is 2.17. The van der Waals surface area contributed by atoms with Crippen molar-refractivity contribution in [3.8, 4) is 0 Å². The van der Waals surface area contributed by atoms with E-state index in [-0.39, 0.29) is 18.2 Å². The van der Waals surface area contributed by atoms with E-state index in [1.165, 1.54) is 0 Å². The van der Waals surface area contributed by atoms with Crippen molar-refractivity contribution in [2.75, 3.05) is 7.05 Å². The molecule has 0 spiro atoms. The number of hydrogen-bond donors (Lipinski definition) is 1. The van der Waals surface area contributed by atoms with E-state index in [2.05, 4.69) is 5.32 Å². The molecule has 0 bridgehead atoms. The van der Waals surface area contributed by atoms with Gasteiger partial charge < -0.3 is 10.2 Å². The van der Waals surface area contributed by atoms with Gasteiger partial charge in [-0.3, -0.25) is 9.59 Å². The predicted octanol–water partition coefficient (Wildman–Crippen LogP) is 3.35. The summed E-state index contributed by atoms with van der Waals surface area (Å²) in [4.78, 5) is 26.6. The Hall–Kier alpha value is -2.33. The zero-order chi connectivity index (χ0) is 18.4. The first-order valence-corrected chi connectivity index (χ1v) is 8.60. The Morgan fingerprint density at radius 1 is 1.16 bits per heavy atom. The Kier molecular flexibility index (Phi) is 6.59. The first-order valence-electron chi connectivity index (χ1n) is 8.22. The van der Waals surface area contributed by atoms with Crippen LogP contribution in [0.15, 0.2) is 48.5 Å². The second kappa shape index (κ2) is 8.67. The fourth-order valence-electron chi connectivity index (χ4n) is 2.70. The average Bonchev–Trinajstić information content (AvgIpc) is 2.60. The number of benzene rings is 2. The highest BCUT2D eigenvalue weighted by molar-refractivity contribution is 6.30. The highest BCUT2D eigenvalue weighted by atomic mass is 35.5. The van der Waals surface area contributed by atoms with Crippen molar-refractivity contribution in [3.05, 3.63) is 70.2 Å². The van der Waals surface area contributed by atoms with Crippen LogP contribution in [0.5, 0.6) is 0 Å². The van der Waals surface area contributed by atoms with E-state index in [1.54, 1.807) is 24.9 Å². The third-order valence-corrected chi connectivity index (χ3v) is 4.49. The summed E-state index contributed by atoms with van der Waals surface area (Å²) >= 11 is 6.05.